The first-order valence-corrected chi connectivity index (χ1v) is 6.37. The summed E-state index contributed by atoms with van der Waals surface area (Å²) in [6, 6.07) is 6.59. The van der Waals surface area contributed by atoms with Gasteiger partial charge >= 0.3 is 6.18 Å². The summed E-state index contributed by atoms with van der Waals surface area (Å²) >= 11 is 5.75. The molecular weight excluding hydrogens is 307 g/mol. The zero-order valence-electron chi connectivity index (χ0n) is 10.9. The minimum atomic E-state index is -4.57. The molecule has 1 aromatic carbocycles. The average molecular weight is 318 g/mol. The van der Waals surface area contributed by atoms with E-state index in [4.69, 9.17) is 16.3 Å². The smallest absolute Gasteiger partial charge is 0.423 e. The van der Waals surface area contributed by atoms with Gasteiger partial charge in [-0.05, 0) is 31.2 Å². The lowest BCUT2D eigenvalue weighted by Gasteiger charge is -2.13. The molecule has 21 heavy (non-hydrogen) atoms. The van der Waals surface area contributed by atoms with Gasteiger partial charge in [0.1, 0.15) is 5.56 Å². The minimum Gasteiger partial charge on any atom is -0.477 e. The number of nitrogens with one attached hydrogen (secondary N) is 1. The summed E-state index contributed by atoms with van der Waals surface area (Å²) in [5, 5.41) is 3.33. The Balaban J connectivity index is 2.29. The molecule has 0 aliphatic heterocycles. The van der Waals surface area contributed by atoms with E-state index >= 15 is 0 Å². The summed E-state index contributed by atoms with van der Waals surface area (Å²) in [5.74, 6) is -0.495. The Morgan fingerprint density at radius 3 is 2.48 bits per heavy atom. The lowest BCUT2D eigenvalue weighted by Crippen LogP contribution is -2.12. The number of ether oxygens (including phenoxy) is 1. The third-order valence-corrected chi connectivity index (χ3v) is 2.69. The van der Waals surface area contributed by atoms with Gasteiger partial charge < -0.3 is 10.1 Å². The van der Waals surface area contributed by atoms with Crippen LogP contribution < -0.4 is 10.1 Å². The van der Waals surface area contributed by atoms with E-state index in [2.05, 4.69) is 15.3 Å². The summed E-state index contributed by atoms with van der Waals surface area (Å²) in [6.45, 7) is 1.65. The van der Waals surface area contributed by atoms with Gasteiger partial charge in [-0.3, -0.25) is 0 Å². The van der Waals surface area contributed by atoms with E-state index in [0.717, 1.165) is 0 Å². The van der Waals surface area contributed by atoms with Crippen molar-refractivity contribution in [3.8, 4) is 5.88 Å². The van der Waals surface area contributed by atoms with Crippen molar-refractivity contribution in [2.75, 3.05) is 11.9 Å². The molecule has 2 aromatic rings. The van der Waals surface area contributed by atoms with Crippen LogP contribution in [-0.4, -0.2) is 16.6 Å². The number of alkyl halides is 3. The van der Waals surface area contributed by atoms with E-state index in [1.807, 2.05) is 0 Å². The molecule has 0 amide bonds. The van der Waals surface area contributed by atoms with Gasteiger partial charge in [0, 0.05) is 16.9 Å². The second-order valence-corrected chi connectivity index (χ2v) is 4.41. The molecular formula is C13H11ClF3N3O. The highest BCUT2D eigenvalue weighted by molar-refractivity contribution is 6.30. The van der Waals surface area contributed by atoms with Crippen LogP contribution in [-0.2, 0) is 6.18 Å². The maximum absolute atomic E-state index is 12.8. The summed E-state index contributed by atoms with van der Waals surface area (Å²) < 4.78 is 43.3. The Bertz CT molecular complexity index is 617. The molecule has 4 nitrogen and oxygen atoms in total. The first-order valence-electron chi connectivity index (χ1n) is 5.99. The van der Waals surface area contributed by atoms with Gasteiger partial charge in [0.05, 0.1) is 6.61 Å². The van der Waals surface area contributed by atoms with Crippen LogP contribution >= 0.6 is 11.6 Å². The van der Waals surface area contributed by atoms with E-state index in [0.29, 0.717) is 16.9 Å². The predicted molar refractivity (Wildman–Crippen MR) is 72.9 cm³/mol. The molecule has 0 aliphatic carbocycles. The monoisotopic (exact) mass is 317 g/mol. The third kappa shape index (κ3) is 3.98. The number of rotatable bonds is 4. The first kappa shape index (κ1) is 15.4. The Hall–Kier alpha value is -2.02. The van der Waals surface area contributed by atoms with Crippen LogP contribution in [0.15, 0.2) is 30.5 Å². The van der Waals surface area contributed by atoms with Crippen molar-refractivity contribution in [3.63, 3.8) is 0 Å². The maximum Gasteiger partial charge on any atom is 0.423 e. The largest absolute Gasteiger partial charge is 0.477 e. The Morgan fingerprint density at radius 2 is 1.90 bits per heavy atom. The summed E-state index contributed by atoms with van der Waals surface area (Å²) in [5.41, 5.74) is -0.410. The molecule has 8 heteroatoms. The van der Waals surface area contributed by atoms with Crippen LogP contribution in [0.2, 0.25) is 5.02 Å². The quantitative estimate of drug-likeness (QED) is 0.913. The van der Waals surface area contributed by atoms with E-state index < -0.39 is 17.6 Å². The molecule has 0 spiro atoms. The van der Waals surface area contributed by atoms with Gasteiger partial charge in [0.25, 0.3) is 0 Å². The van der Waals surface area contributed by atoms with E-state index in [1.54, 1.807) is 31.2 Å². The highest BCUT2D eigenvalue weighted by Crippen LogP contribution is 2.35. The van der Waals surface area contributed by atoms with E-state index in [1.165, 1.54) is 0 Å². The van der Waals surface area contributed by atoms with E-state index in [-0.39, 0.29) is 12.6 Å². The molecule has 112 valence electrons. The van der Waals surface area contributed by atoms with Crippen LogP contribution in [0.3, 0.4) is 0 Å². The van der Waals surface area contributed by atoms with E-state index in [9.17, 15) is 13.2 Å². The fourth-order valence-electron chi connectivity index (χ4n) is 1.53. The maximum atomic E-state index is 12.8. The number of benzene rings is 1. The Labute approximate surface area is 123 Å². The van der Waals surface area contributed by atoms with Crippen molar-refractivity contribution < 1.29 is 17.9 Å². The Morgan fingerprint density at radius 1 is 1.24 bits per heavy atom. The molecule has 0 radical (unpaired) electrons. The zero-order chi connectivity index (χ0) is 15.5. The topological polar surface area (TPSA) is 47.0 Å². The van der Waals surface area contributed by atoms with Gasteiger partial charge in [-0.1, -0.05) is 11.6 Å². The molecule has 0 fully saturated rings. The number of hydrogen-bond donors (Lipinski definition) is 1. The van der Waals surface area contributed by atoms with Crippen molar-refractivity contribution in [1.29, 1.82) is 0 Å². The molecule has 1 heterocycles. The third-order valence-electron chi connectivity index (χ3n) is 2.44. The van der Waals surface area contributed by atoms with Gasteiger partial charge in [0.15, 0.2) is 0 Å². The fraction of sp³-hybridized carbons (Fsp3) is 0.231. The second kappa shape index (κ2) is 6.17. The van der Waals surface area contributed by atoms with Crippen molar-refractivity contribution >= 4 is 23.2 Å². The van der Waals surface area contributed by atoms with Crippen molar-refractivity contribution in [2.24, 2.45) is 0 Å². The normalized spacial score (nSPS) is 11.3. The minimum absolute atomic E-state index is 0.00812. The molecule has 0 unspecified atom stereocenters. The van der Waals surface area contributed by atoms with Crippen molar-refractivity contribution in [2.45, 2.75) is 13.1 Å². The zero-order valence-corrected chi connectivity index (χ0v) is 11.7. The summed E-state index contributed by atoms with van der Waals surface area (Å²) in [4.78, 5) is 7.40. The number of aromatic nitrogens is 2. The molecule has 0 atom stereocenters. The van der Waals surface area contributed by atoms with Gasteiger partial charge in [-0.15, -0.1) is 0 Å². The molecule has 0 aliphatic rings. The fourth-order valence-corrected chi connectivity index (χ4v) is 1.66. The lowest BCUT2D eigenvalue weighted by atomic mass is 10.3. The van der Waals surface area contributed by atoms with Crippen LogP contribution in [0, 0.1) is 0 Å². The molecule has 0 saturated heterocycles. The number of halogens is 4. The summed E-state index contributed by atoms with van der Waals surface area (Å²) in [6.07, 6.45) is -3.88. The van der Waals surface area contributed by atoms with Crippen LogP contribution in [0.4, 0.5) is 24.8 Å². The lowest BCUT2D eigenvalue weighted by molar-refractivity contribution is -0.139. The highest BCUT2D eigenvalue weighted by atomic mass is 35.5. The predicted octanol–water partition coefficient (Wildman–Crippen LogP) is 4.29. The molecule has 2 rings (SSSR count). The summed E-state index contributed by atoms with van der Waals surface area (Å²) in [7, 11) is 0. The molecule has 0 bridgehead atoms. The van der Waals surface area contributed by atoms with Crippen LogP contribution in [0.25, 0.3) is 0 Å². The van der Waals surface area contributed by atoms with Crippen molar-refractivity contribution in [1.82, 2.24) is 9.97 Å². The number of anilines is 2. The average Bonchev–Trinajstić information content (AvgIpc) is 2.41. The molecule has 1 N–H and O–H groups in total. The molecule has 0 saturated carbocycles. The SMILES string of the molecule is CCOc1nc(Nc2ccc(Cl)cc2)ncc1C(F)(F)F. The first-order chi connectivity index (χ1) is 9.90. The molecule has 1 aromatic heterocycles. The standard InChI is InChI=1S/C13H11ClF3N3O/c1-2-21-11-10(13(15,16)17)7-18-12(20-11)19-9-5-3-8(14)4-6-9/h3-7H,2H2,1H3,(H,18,19,20). The Kier molecular flexibility index (Phi) is 4.52. The number of nitrogens with zero attached hydrogens (tertiary/aromatic N) is 2. The second-order valence-electron chi connectivity index (χ2n) is 3.98. The van der Waals surface area contributed by atoms with Gasteiger partial charge in [-0.25, -0.2) is 4.98 Å². The van der Waals surface area contributed by atoms with Crippen LogP contribution in [0.5, 0.6) is 5.88 Å². The van der Waals surface area contributed by atoms with Crippen LogP contribution in [0.1, 0.15) is 12.5 Å². The van der Waals surface area contributed by atoms with Gasteiger partial charge in [-0.2, -0.15) is 18.2 Å². The highest BCUT2D eigenvalue weighted by Gasteiger charge is 2.36. The van der Waals surface area contributed by atoms with Crippen molar-refractivity contribution in [3.05, 3.63) is 41.0 Å². The number of hydrogen-bond acceptors (Lipinski definition) is 4. The van der Waals surface area contributed by atoms with Gasteiger partial charge in [0.2, 0.25) is 11.8 Å².